The summed E-state index contributed by atoms with van der Waals surface area (Å²) in [7, 11) is 2.06. The molecule has 2 fully saturated rings. The first-order valence-electron chi connectivity index (χ1n) is 12.4. The Morgan fingerprint density at radius 3 is 3.00 bits per heavy atom. The number of likely N-dealkylation sites (tertiary alicyclic amines) is 1. The van der Waals surface area contributed by atoms with E-state index in [1.54, 1.807) is 18.3 Å². The van der Waals surface area contributed by atoms with Gasteiger partial charge in [0.15, 0.2) is 5.82 Å². The van der Waals surface area contributed by atoms with Crippen LogP contribution in [0.1, 0.15) is 18.4 Å². The lowest BCUT2D eigenvalue weighted by molar-refractivity contribution is 0.00999. The number of halogens is 1. The number of ether oxygens (including phenoxy) is 3. The maximum Gasteiger partial charge on any atom is 0.413 e. The molecule has 0 unspecified atom stereocenters. The number of aromatic nitrogens is 2. The van der Waals surface area contributed by atoms with Gasteiger partial charge in [-0.15, -0.1) is 0 Å². The summed E-state index contributed by atoms with van der Waals surface area (Å²) < 4.78 is 32.6. The van der Waals surface area contributed by atoms with Gasteiger partial charge >= 0.3 is 6.09 Å². The molecule has 194 valence electrons. The molecule has 11 heteroatoms. The van der Waals surface area contributed by atoms with Crippen molar-refractivity contribution < 1.29 is 23.4 Å². The second kappa shape index (κ2) is 9.00. The predicted molar refractivity (Wildman–Crippen MR) is 137 cm³/mol. The van der Waals surface area contributed by atoms with Crippen molar-refractivity contribution in [2.24, 2.45) is 0 Å². The van der Waals surface area contributed by atoms with Crippen LogP contribution in [0.3, 0.4) is 0 Å². The van der Waals surface area contributed by atoms with Crippen molar-refractivity contribution in [2.45, 2.75) is 31.5 Å². The molecule has 6 rings (SSSR count). The van der Waals surface area contributed by atoms with Crippen molar-refractivity contribution in [1.82, 2.24) is 14.9 Å². The van der Waals surface area contributed by atoms with E-state index in [-0.39, 0.29) is 23.2 Å². The summed E-state index contributed by atoms with van der Waals surface area (Å²) in [6, 6.07) is 3.33. The van der Waals surface area contributed by atoms with Gasteiger partial charge in [-0.05, 0) is 43.5 Å². The molecule has 37 heavy (non-hydrogen) atoms. The number of nitrogens with zero attached hydrogens (tertiary/aromatic N) is 3. The fourth-order valence-electron chi connectivity index (χ4n) is 5.55. The molecule has 0 bridgehead atoms. The van der Waals surface area contributed by atoms with Gasteiger partial charge in [-0.3, -0.25) is 5.32 Å². The van der Waals surface area contributed by atoms with Crippen molar-refractivity contribution >= 4 is 34.1 Å². The van der Waals surface area contributed by atoms with Crippen molar-refractivity contribution in [1.29, 1.82) is 0 Å². The van der Waals surface area contributed by atoms with Gasteiger partial charge in [0.05, 0.1) is 17.9 Å². The first-order chi connectivity index (χ1) is 17.8. The topological polar surface area (TPSA) is 124 Å². The summed E-state index contributed by atoms with van der Waals surface area (Å²) >= 11 is 0. The number of benzene rings is 1. The van der Waals surface area contributed by atoms with E-state index in [1.165, 1.54) is 6.20 Å². The molecule has 3 aliphatic heterocycles. The molecule has 2 saturated heterocycles. The Kier molecular flexibility index (Phi) is 5.76. The molecule has 3 aliphatic rings. The SMILES string of the molecule is Cc1c(-c2cc3cc(NC(=O)O[C@@H]4CO[C@@]5(CCN(C)C5)C4)ncc3c(N)c2F)cnc2c1NCCO2. The molecule has 2 atom stereocenters. The molecule has 1 spiro atoms. The predicted octanol–water partition coefficient (Wildman–Crippen LogP) is 3.54. The van der Waals surface area contributed by atoms with Crippen molar-refractivity contribution in [3.05, 3.63) is 35.9 Å². The van der Waals surface area contributed by atoms with Crippen LogP contribution in [0, 0.1) is 12.7 Å². The van der Waals surface area contributed by atoms with E-state index in [2.05, 4.69) is 32.5 Å². The van der Waals surface area contributed by atoms with Crippen molar-refractivity contribution in [3.8, 4) is 17.0 Å². The van der Waals surface area contributed by atoms with Gasteiger partial charge in [-0.1, -0.05) is 0 Å². The standard InChI is InChI=1S/C26H29FN6O4/c1-14-18(10-31-24-23(14)29-4-6-35-24)17-7-15-8-20(30-11-19(15)22(28)21(17)27)32-25(34)37-16-9-26(36-12-16)3-5-33(2)13-26/h7-8,10-11,16,29H,3-6,9,12-13,28H2,1-2H3,(H,30,32,34)/t16-,26-/m0/s1. The Morgan fingerprint density at radius 2 is 2.19 bits per heavy atom. The summed E-state index contributed by atoms with van der Waals surface area (Å²) in [5, 5.41) is 7.02. The van der Waals surface area contributed by atoms with E-state index in [9.17, 15) is 4.79 Å². The van der Waals surface area contributed by atoms with Crippen LogP contribution in [0.5, 0.6) is 5.88 Å². The van der Waals surface area contributed by atoms with Crippen LogP contribution in [-0.2, 0) is 9.47 Å². The number of nitrogens with one attached hydrogen (secondary N) is 2. The smallest absolute Gasteiger partial charge is 0.413 e. The van der Waals surface area contributed by atoms with E-state index in [0.29, 0.717) is 54.0 Å². The number of amides is 1. The van der Waals surface area contributed by atoms with E-state index in [0.717, 1.165) is 30.8 Å². The second-order valence-electron chi connectivity index (χ2n) is 10.0. The van der Waals surface area contributed by atoms with Gasteiger partial charge in [0, 0.05) is 55.0 Å². The highest BCUT2D eigenvalue weighted by atomic mass is 19.1. The zero-order valence-electron chi connectivity index (χ0n) is 20.8. The third-order valence-electron chi connectivity index (χ3n) is 7.42. The third-order valence-corrected chi connectivity index (χ3v) is 7.42. The minimum absolute atomic E-state index is 0.0228. The number of nitrogen functional groups attached to an aromatic ring is 1. The second-order valence-corrected chi connectivity index (χ2v) is 10.0. The van der Waals surface area contributed by atoms with E-state index < -0.39 is 11.9 Å². The Labute approximate surface area is 213 Å². The molecular weight excluding hydrogens is 479 g/mol. The fraction of sp³-hybridized carbons (Fsp3) is 0.423. The summed E-state index contributed by atoms with van der Waals surface area (Å²) in [6.45, 7) is 5.23. The molecule has 0 saturated carbocycles. The Morgan fingerprint density at radius 1 is 1.32 bits per heavy atom. The van der Waals surface area contributed by atoms with Crippen molar-refractivity contribution in [2.75, 3.05) is 56.3 Å². The van der Waals surface area contributed by atoms with Gasteiger partial charge in [0.1, 0.15) is 24.2 Å². The normalized spacial score (nSPS) is 23.1. The van der Waals surface area contributed by atoms with Crippen LogP contribution in [-0.4, -0.2) is 72.6 Å². The molecule has 0 aliphatic carbocycles. The van der Waals surface area contributed by atoms with Crippen LogP contribution in [0.25, 0.3) is 21.9 Å². The molecule has 1 amide bonds. The number of carbonyl (C=O) groups excluding carboxylic acids is 1. The molecule has 3 aromatic rings. The lowest BCUT2D eigenvalue weighted by Gasteiger charge is -2.22. The van der Waals surface area contributed by atoms with Crippen LogP contribution < -0.4 is 21.1 Å². The summed E-state index contributed by atoms with van der Waals surface area (Å²) in [6.07, 6.45) is 3.70. The van der Waals surface area contributed by atoms with Gasteiger partial charge in [-0.2, -0.15) is 0 Å². The van der Waals surface area contributed by atoms with Crippen molar-refractivity contribution in [3.63, 3.8) is 0 Å². The lowest BCUT2D eigenvalue weighted by Crippen LogP contribution is -2.32. The molecule has 5 heterocycles. The average molecular weight is 509 g/mol. The Balaban J connectivity index is 1.24. The minimum Gasteiger partial charge on any atom is -0.474 e. The fourth-order valence-corrected chi connectivity index (χ4v) is 5.55. The number of hydrogen-bond donors (Lipinski definition) is 3. The van der Waals surface area contributed by atoms with Crippen LogP contribution in [0.2, 0.25) is 0 Å². The number of rotatable bonds is 3. The number of likely N-dealkylation sites (N-methyl/N-ethyl adjacent to an activating group) is 1. The molecule has 4 N–H and O–H groups in total. The summed E-state index contributed by atoms with van der Waals surface area (Å²) in [5.74, 6) is 0.220. The van der Waals surface area contributed by atoms with Gasteiger partial charge in [-0.25, -0.2) is 19.2 Å². The first-order valence-corrected chi connectivity index (χ1v) is 12.4. The lowest BCUT2D eigenvalue weighted by atomic mass is 9.97. The quantitative estimate of drug-likeness (QED) is 0.456. The maximum atomic E-state index is 15.4. The number of hydrogen-bond acceptors (Lipinski definition) is 9. The molecule has 10 nitrogen and oxygen atoms in total. The molecule has 2 aromatic heterocycles. The number of anilines is 3. The average Bonchev–Trinajstić information content (AvgIpc) is 3.45. The highest BCUT2D eigenvalue weighted by Gasteiger charge is 2.45. The van der Waals surface area contributed by atoms with Crippen LogP contribution in [0.4, 0.5) is 26.4 Å². The van der Waals surface area contributed by atoms with E-state index >= 15 is 4.39 Å². The maximum absolute atomic E-state index is 15.4. The number of fused-ring (bicyclic) bond motifs is 2. The summed E-state index contributed by atoms with van der Waals surface area (Å²) in [5.41, 5.74) is 8.36. The highest BCUT2D eigenvalue weighted by molar-refractivity contribution is 5.99. The van der Waals surface area contributed by atoms with E-state index in [4.69, 9.17) is 19.9 Å². The minimum atomic E-state index is -0.611. The monoisotopic (exact) mass is 508 g/mol. The van der Waals surface area contributed by atoms with Gasteiger partial charge in [0.2, 0.25) is 5.88 Å². The molecular formula is C26H29FN6O4. The molecule has 0 radical (unpaired) electrons. The van der Waals surface area contributed by atoms with E-state index in [1.807, 2.05) is 6.92 Å². The highest BCUT2D eigenvalue weighted by Crippen LogP contribution is 2.40. The number of carbonyl (C=O) groups is 1. The zero-order chi connectivity index (χ0) is 25.7. The van der Waals surface area contributed by atoms with Gasteiger partial charge < -0.3 is 30.2 Å². The number of pyridine rings is 2. The summed E-state index contributed by atoms with van der Waals surface area (Å²) in [4.78, 5) is 23.4. The Hall–Kier alpha value is -3.70. The van der Waals surface area contributed by atoms with Crippen LogP contribution in [0.15, 0.2) is 24.5 Å². The third kappa shape index (κ3) is 4.27. The Bertz CT molecular complexity index is 1400. The zero-order valence-corrected chi connectivity index (χ0v) is 20.8. The van der Waals surface area contributed by atoms with Gasteiger partial charge in [0.25, 0.3) is 0 Å². The molecule has 1 aromatic carbocycles. The largest absolute Gasteiger partial charge is 0.474 e. The first kappa shape index (κ1) is 23.7. The number of nitrogens with two attached hydrogens (primary N) is 1. The van der Waals surface area contributed by atoms with Crippen LogP contribution >= 0.6 is 0 Å².